The Morgan fingerprint density at radius 1 is 1.33 bits per heavy atom. The van der Waals surface area contributed by atoms with Crippen molar-refractivity contribution >= 4 is 11.7 Å². The minimum Gasteiger partial charge on any atom is -0.478 e. The van der Waals surface area contributed by atoms with Crippen LogP contribution in [0.1, 0.15) is 68.3 Å². The second kappa shape index (κ2) is 7.48. The molecule has 1 N–H and O–H groups in total. The number of unbranched alkanes of at least 4 members (excludes halogenated alkanes) is 3. The normalized spacial score (nSPS) is 15.6. The molecule has 1 aromatic carbocycles. The van der Waals surface area contributed by atoms with Crippen molar-refractivity contribution < 1.29 is 9.90 Å². The van der Waals surface area contributed by atoms with Crippen molar-refractivity contribution in [2.45, 2.75) is 64.8 Å². The molecule has 0 amide bonds. The number of hydrogen-bond donors (Lipinski definition) is 1. The van der Waals surface area contributed by atoms with Gasteiger partial charge in [0.25, 0.3) is 0 Å². The lowest BCUT2D eigenvalue weighted by molar-refractivity contribution is 0.0695. The van der Waals surface area contributed by atoms with Crippen LogP contribution >= 0.6 is 0 Å². The molecule has 2 rings (SSSR count). The molecule has 1 aliphatic rings. The van der Waals surface area contributed by atoms with E-state index in [0.717, 1.165) is 30.6 Å². The molecular formula is C18H27NO2. The summed E-state index contributed by atoms with van der Waals surface area (Å²) in [5.41, 5.74) is 2.65. The molecule has 0 aliphatic carbocycles. The molecule has 0 spiro atoms. The second-order valence-electron chi connectivity index (χ2n) is 6.10. The zero-order valence-corrected chi connectivity index (χ0v) is 13.3. The quantitative estimate of drug-likeness (QED) is 0.751. The van der Waals surface area contributed by atoms with Gasteiger partial charge in [-0.15, -0.1) is 0 Å². The molecule has 3 nitrogen and oxygen atoms in total. The first kappa shape index (κ1) is 15.9. The van der Waals surface area contributed by atoms with E-state index in [0.29, 0.717) is 11.6 Å². The lowest BCUT2D eigenvalue weighted by Gasteiger charge is -2.37. The van der Waals surface area contributed by atoms with E-state index in [9.17, 15) is 9.90 Å². The average Bonchev–Trinajstić information content (AvgIpc) is 2.50. The third-order valence-corrected chi connectivity index (χ3v) is 4.52. The Labute approximate surface area is 128 Å². The SMILES string of the molecule is CCCCCCC(C)N1CCCc2c(C(=O)O)cccc21. The van der Waals surface area contributed by atoms with Gasteiger partial charge in [0.15, 0.2) is 0 Å². The molecule has 0 radical (unpaired) electrons. The predicted octanol–water partition coefficient (Wildman–Crippen LogP) is 4.50. The Bertz CT molecular complexity index is 484. The topological polar surface area (TPSA) is 40.5 Å². The number of carboxylic acid groups (broad SMARTS) is 1. The van der Waals surface area contributed by atoms with Crippen LogP contribution in [0.15, 0.2) is 18.2 Å². The number of aromatic carboxylic acids is 1. The van der Waals surface area contributed by atoms with Crippen LogP contribution in [0, 0.1) is 0 Å². The first-order valence-electron chi connectivity index (χ1n) is 8.27. The monoisotopic (exact) mass is 289 g/mol. The molecule has 3 heteroatoms. The fourth-order valence-corrected chi connectivity index (χ4v) is 3.33. The Balaban J connectivity index is 2.11. The molecule has 0 bridgehead atoms. The zero-order valence-electron chi connectivity index (χ0n) is 13.3. The van der Waals surface area contributed by atoms with Crippen molar-refractivity contribution in [2.75, 3.05) is 11.4 Å². The molecular weight excluding hydrogens is 262 g/mol. The predicted molar refractivity (Wildman–Crippen MR) is 87.3 cm³/mol. The van der Waals surface area contributed by atoms with E-state index in [1.807, 2.05) is 6.07 Å². The van der Waals surface area contributed by atoms with Crippen molar-refractivity contribution in [1.29, 1.82) is 0 Å². The van der Waals surface area contributed by atoms with Gasteiger partial charge in [0.1, 0.15) is 0 Å². The van der Waals surface area contributed by atoms with Gasteiger partial charge in [-0.25, -0.2) is 4.79 Å². The van der Waals surface area contributed by atoms with E-state index in [1.165, 1.54) is 32.1 Å². The summed E-state index contributed by atoms with van der Waals surface area (Å²) in [6.45, 7) is 5.55. The standard InChI is InChI=1S/C18H27NO2/c1-3-4-5-6-9-14(2)19-13-8-11-15-16(18(20)21)10-7-12-17(15)19/h7,10,12,14H,3-6,8-9,11,13H2,1-2H3,(H,20,21). The highest BCUT2D eigenvalue weighted by atomic mass is 16.4. The summed E-state index contributed by atoms with van der Waals surface area (Å²) in [4.78, 5) is 13.8. The number of carboxylic acids is 1. The van der Waals surface area contributed by atoms with Crippen molar-refractivity contribution in [1.82, 2.24) is 0 Å². The second-order valence-corrected chi connectivity index (χ2v) is 6.10. The van der Waals surface area contributed by atoms with Gasteiger partial charge < -0.3 is 10.0 Å². The van der Waals surface area contributed by atoms with E-state index < -0.39 is 5.97 Å². The minimum absolute atomic E-state index is 0.482. The molecule has 1 aromatic rings. The van der Waals surface area contributed by atoms with Crippen molar-refractivity contribution in [3.8, 4) is 0 Å². The molecule has 0 saturated heterocycles. The number of rotatable bonds is 7. The van der Waals surface area contributed by atoms with Gasteiger partial charge in [-0.2, -0.15) is 0 Å². The summed E-state index contributed by atoms with van der Waals surface area (Å²) in [6, 6.07) is 6.19. The summed E-state index contributed by atoms with van der Waals surface area (Å²) in [5, 5.41) is 9.35. The van der Waals surface area contributed by atoms with Crippen LogP contribution in [0.4, 0.5) is 5.69 Å². The zero-order chi connectivity index (χ0) is 15.2. The molecule has 1 aliphatic heterocycles. The Kier molecular flexibility index (Phi) is 5.66. The van der Waals surface area contributed by atoms with Crippen molar-refractivity contribution in [3.05, 3.63) is 29.3 Å². The lowest BCUT2D eigenvalue weighted by Crippen LogP contribution is -2.37. The van der Waals surface area contributed by atoms with Crippen LogP contribution in [0.25, 0.3) is 0 Å². The van der Waals surface area contributed by atoms with Crippen LogP contribution in [-0.4, -0.2) is 23.7 Å². The van der Waals surface area contributed by atoms with Crippen molar-refractivity contribution in [3.63, 3.8) is 0 Å². The maximum atomic E-state index is 11.4. The minimum atomic E-state index is -0.802. The van der Waals surface area contributed by atoms with Crippen LogP contribution in [0.3, 0.4) is 0 Å². The highest BCUT2D eigenvalue weighted by molar-refractivity contribution is 5.91. The summed E-state index contributed by atoms with van der Waals surface area (Å²) < 4.78 is 0. The first-order chi connectivity index (χ1) is 10.1. The molecule has 0 saturated carbocycles. The Hall–Kier alpha value is -1.51. The third kappa shape index (κ3) is 3.78. The maximum absolute atomic E-state index is 11.4. The lowest BCUT2D eigenvalue weighted by atomic mass is 9.94. The number of fused-ring (bicyclic) bond motifs is 1. The Morgan fingerprint density at radius 3 is 2.86 bits per heavy atom. The number of benzene rings is 1. The van der Waals surface area contributed by atoms with Gasteiger partial charge in [-0.05, 0) is 43.9 Å². The number of hydrogen-bond acceptors (Lipinski definition) is 2. The summed E-state index contributed by atoms with van der Waals surface area (Å²) in [5.74, 6) is -0.802. The van der Waals surface area contributed by atoms with E-state index in [-0.39, 0.29) is 0 Å². The number of nitrogens with zero attached hydrogens (tertiary/aromatic N) is 1. The van der Waals surface area contributed by atoms with Gasteiger partial charge >= 0.3 is 5.97 Å². The molecule has 21 heavy (non-hydrogen) atoms. The van der Waals surface area contributed by atoms with Gasteiger partial charge in [0.05, 0.1) is 5.56 Å². The smallest absolute Gasteiger partial charge is 0.336 e. The number of carbonyl (C=O) groups is 1. The molecule has 1 atom stereocenters. The summed E-state index contributed by atoms with van der Waals surface area (Å²) in [6.07, 6.45) is 8.27. The highest BCUT2D eigenvalue weighted by Gasteiger charge is 2.24. The largest absolute Gasteiger partial charge is 0.478 e. The number of anilines is 1. The molecule has 1 unspecified atom stereocenters. The summed E-state index contributed by atoms with van der Waals surface area (Å²) in [7, 11) is 0. The molecule has 0 aromatic heterocycles. The highest BCUT2D eigenvalue weighted by Crippen LogP contribution is 2.32. The van der Waals surface area contributed by atoms with E-state index >= 15 is 0 Å². The average molecular weight is 289 g/mol. The van der Waals surface area contributed by atoms with Gasteiger partial charge in [-0.3, -0.25) is 0 Å². The molecule has 1 heterocycles. The van der Waals surface area contributed by atoms with Crippen LogP contribution in [0.5, 0.6) is 0 Å². The van der Waals surface area contributed by atoms with E-state index in [1.54, 1.807) is 6.07 Å². The van der Waals surface area contributed by atoms with Crippen molar-refractivity contribution in [2.24, 2.45) is 0 Å². The molecule has 0 fully saturated rings. The fourth-order valence-electron chi connectivity index (χ4n) is 3.33. The maximum Gasteiger partial charge on any atom is 0.336 e. The van der Waals surface area contributed by atoms with Crippen LogP contribution in [-0.2, 0) is 6.42 Å². The first-order valence-corrected chi connectivity index (χ1v) is 8.27. The fraction of sp³-hybridized carbons (Fsp3) is 0.611. The molecule has 116 valence electrons. The van der Waals surface area contributed by atoms with Crippen LogP contribution < -0.4 is 4.90 Å². The van der Waals surface area contributed by atoms with Gasteiger partial charge in [0, 0.05) is 18.3 Å². The van der Waals surface area contributed by atoms with Gasteiger partial charge in [0.2, 0.25) is 0 Å². The van der Waals surface area contributed by atoms with E-state index in [2.05, 4.69) is 24.8 Å². The Morgan fingerprint density at radius 2 is 2.14 bits per heavy atom. The summed E-state index contributed by atoms with van der Waals surface area (Å²) >= 11 is 0. The van der Waals surface area contributed by atoms with E-state index in [4.69, 9.17) is 0 Å². The van der Waals surface area contributed by atoms with Crippen LogP contribution in [0.2, 0.25) is 0 Å². The third-order valence-electron chi connectivity index (χ3n) is 4.52. The van der Waals surface area contributed by atoms with Gasteiger partial charge in [-0.1, -0.05) is 38.7 Å².